The maximum absolute atomic E-state index is 13.9. The molecule has 0 bridgehead atoms. The van der Waals surface area contributed by atoms with E-state index in [1.54, 1.807) is 4.90 Å². The molecule has 1 amide bonds. The van der Waals surface area contributed by atoms with Crippen molar-refractivity contribution in [3.63, 3.8) is 0 Å². The summed E-state index contributed by atoms with van der Waals surface area (Å²) in [4.78, 5) is 31.1. The number of nitrogens with zero attached hydrogens (tertiary/aromatic N) is 2. The molecule has 2 aliphatic rings. The fourth-order valence-electron chi connectivity index (χ4n) is 4.92. The molecule has 6 nitrogen and oxygen atoms in total. The molecule has 0 unspecified atom stereocenters. The van der Waals surface area contributed by atoms with Crippen molar-refractivity contribution >= 4 is 16.9 Å². The third-order valence-corrected chi connectivity index (χ3v) is 6.82. The van der Waals surface area contributed by atoms with Gasteiger partial charge in [-0.25, -0.2) is 4.39 Å². The molecule has 1 fully saturated rings. The average molecular weight is 465 g/mol. The number of morpholine rings is 1. The van der Waals surface area contributed by atoms with Gasteiger partial charge in [0, 0.05) is 26.2 Å². The lowest BCUT2D eigenvalue weighted by Gasteiger charge is -2.29. The summed E-state index contributed by atoms with van der Waals surface area (Å²) >= 11 is 0. The molecule has 178 valence electrons. The van der Waals surface area contributed by atoms with Crippen molar-refractivity contribution < 1.29 is 18.3 Å². The van der Waals surface area contributed by atoms with E-state index in [2.05, 4.69) is 18.7 Å². The van der Waals surface area contributed by atoms with Gasteiger partial charge in [-0.05, 0) is 41.7 Å². The minimum Gasteiger partial charge on any atom is -0.450 e. The Kier molecular flexibility index (Phi) is 6.23. The number of amides is 1. The van der Waals surface area contributed by atoms with Gasteiger partial charge in [0.05, 0.1) is 30.2 Å². The number of fused-ring (bicyclic) bond motifs is 2. The number of hydrogen-bond donors (Lipinski definition) is 0. The highest BCUT2D eigenvalue weighted by molar-refractivity contribution is 5.99. The van der Waals surface area contributed by atoms with Crippen LogP contribution >= 0.6 is 0 Å². The maximum Gasteiger partial charge on any atom is 0.290 e. The van der Waals surface area contributed by atoms with Crippen LogP contribution in [-0.4, -0.2) is 55.1 Å². The summed E-state index contributed by atoms with van der Waals surface area (Å²) in [5, 5.41) is 0.158. The van der Waals surface area contributed by atoms with Gasteiger partial charge < -0.3 is 14.1 Å². The molecule has 0 saturated carbocycles. The number of halogens is 1. The summed E-state index contributed by atoms with van der Waals surface area (Å²) in [6.45, 7) is 8.78. The number of benzene rings is 2. The standard InChI is InChI=1S/C27H29FN2O4/c1-17(2)18-4-6-19(7-5-18)24-23-25(31)21-16-20(28)8-9-22(21)34-26(23)27(32)30(24)11-3-10-29-12-14-33-15-13-29/h4-9,16-17,24H,3,10-15H2,1-2H3/t24-/m0/s1. The van der Waals surface area contributed by atoms with Gasteiger partial charge >= 0.3 is 0 Å². The first-order valence-electron chi connectivity index (χ1n) is 11.9. The number of rotatable bonds is 6. The first-order chi connectivity index (χ1) is 16.4. The van der Waals surface area contributed by atoms with E-state index in [4.69, 9.17) is 9.15 Å². The molecule has 2 aliphatic heterocycles. The van der Waals surface area contributed by atoms with E-state index in [0.29, 0.717) is 18.0 Å². The van der Waals surface area contributed by atoms with Crippen molar-refractivity contribution in [3.8, 4) is 0 Å². The van der Waals surface area contributed by atoms with E-state index in [9.17, 15) is 14.0 Å². The summed E-state index contributed by atoms with van der Waals surface area (Å²) in [5.74, 6) is -0.371. The highest BCUT2D eigenvalue weighted by atomic mass is 19.1. The van der Waals surface area contributed by atoms with Gasteiger partial charge in [0.2, 0.25) is 5.76 Å². The molecule has 2 aromatic carbocycles. The second kappa shape index (κ2) is 9.31. The fourth-order valence-corrected chi connectivity index (χ4v) is 4.92. The average Bonchev–Trinajstić information content (AvgIpc) is 3.12. The minimum absolute atomic E-state index is 0.0633. The van der Waals surface area contributed by atoms with E-state index in [1.807, 2.05) is 24.3 Å². The monoisotopic (exact) mass is 464 g/mol. The Labute approximate surface area is 197 Å². The maximum atomic E-state index is 13.9. The van der Waals surface area contributed by atoms with Gasteiger partial charge in [-0.15, -0.1) is 0 Å². The molecule has 0 spiro atoms. The summed E-state index contributed by atoms with van der Waals surface area (Å²) in [6.07, 6.45) is 0.767. The highest BCUT2D eigenvalue weighted by Crippen LogP contribution is 2.38. The van der Waals surface area contributed by atoms with Gasteiger partial charge in [0.1, 0.15) is 11.4 Å². The Bertz CT molecular complexity index is 1260. The topological polar surface area (TPSA) is 63.0 Å². The number of hydrogen-bond acceptors (Lipinski definition) is 5. The van der Waals surface area contributed by atoms with E-state index < -0.39 is 11.9 Å². The largest absolute Gasteiger partial charge is 0.450 e. The number of ether oxygens (including phenoxy) is 1. The summed E-state index contributed by atoms with van der Waals surface area (Å²) in [6, 6.07) is 11.3. The molecule has 3 aromatic rings. The molecule has 5 rings (SSSR count). The van der Waals surface area contributed by atoms with Gasteiger partial charge in [-0.1, -0.05) is 38.1 Å². The second-order valence-electron chi connectivity index (χ2n) is 9.34. The zero-order valence-electron chi connectivity index (χ0n) is 19.6. The second-order valence-corrected chi connectivity index (χ2v) is 9.34. The van der Waals surface area contributed by atoms with Crippen LogP contribution in [0, 0.1) is 5.82 Å². The van der Waals surface area contributed by atoms with Crippen LogP contribution in [0.2, 0.25) is 0 Å². The molecular weight excluding hydrogens is 435 g/mol. The Morgan fingerprint density at radius 1 is 1.03 bits per heavy atom. The lowest BCUT2D eigenvalue weighted by molar-refractivity contribution is 0.0353. The normalized spacial score (nSPS) is 18.8. The van der Waals surface area contributed by atoms with Gasteiger partial charge in [0.25, 0.3) is 5.91 Å². The zero-order valence-corrected chi connectivity index (χ0v) is 19.6. The van der Waals surface area contributed by atoms with Crippen LogP contribution in [0.25, 0.3) is 11.0 Å². The third kappa shape index (κ3) is 4.14. The van der Waals surface area contributed by atoms with E-state index in [-0.39, 0.29) is 28.1 Å². The lowest BCUT2D eigenvalue weighted by Crippen LogP contribution is -2.38. The number of carbonyl (C=O) groups is 1. The molecule has 0 N–H and O–H groups in total. The molecule has 1 saturated heterocycles. The molecule has 0 radical (unpaired) electrons. The van der Waals surface area contributed by atoms with Crippen molar-refractivity contribution in [2.75, 3.05) is 39.4 Å². The van der Waals surface area contributed by atoms with Crippen LogP contribution < -0.4 is 5.43 Å². The predicted octanol–water partition coefficient (Wildman–Crippen LogP) is 4.32. The van der Waals surface area contributed by atoms with Crippen LogP contribution in [0.15, 0.2) is 51.7 Å². The highest BCUT2D eigenvalue weighted by Gasteiger charge is 2.42. The van der Waals surface area contributed by atoms with Crippen molar-refractivity contribution in [1.29, 1.82) is 0 Å². The summed E-state index contributed by atoms with van der Waals surface area (Å²) in [5.41, 5.74) is 2.21. The van der Waals surface area contributed by atoms with Gasteiger partial charge in [-0.3, -0.25) is 14.5 Å². The van der Waals surface area contributed by atoms with Crippen molar-refractivity contribution in [3.05, 3.63) is 81.0 Å². The molecule has 0 aliphatic carbocycles. The van der Waals surface area contributed by atoms with Crippen LogP contribution in [-0.2, 0) is 4.74 Å². The van der Waals surface area contributed by atoms with Crippen molar-refractivity contribution in [1.82, 2.24) is 9.80 Å². The molecule has 1 atom stereocenters. The van der Waals surface area contributed by atoms with Crippen molar-refractivity contribution in [2.45, 2.75) is 32.2 Å². The molecular formula is C27H29FN2O4. The SMILES string of the molecule is CC(C)c1ccc([C@H]2c3c(oc4ccc(F)cc4c3=O)C(=O)N2CCCN2CCOCC2)cc1. The quantitative estimate of drug-likeness (QED) is 0.544. The Morgan fingerprint density at radius 3 is 2.47 bits per heavy atom. The minimum atomic E-state index is -0.558. The predicted molar refractivity (Wildman–Crippen MR) is 128 cm³/mol. The van der Waals surface area contributed by atoms with E-state index >= 15 is 0 Å². The first-order valence-corrected chi connectivity index (χ1v) is 11.9. The molecule has 34 heavy (non-hydrogen) atoms. The lowest BCUT2D eigenvalue weighted by atomic mass is 9.95. The van der Waals surface area contributed by atoms with Gasteiger partial charge in [-0.2, -0.15) is 0 Å². The smallest absolute Gasteiger partial charge is 0.290 e. The molecule has 7 heteroatoms. The Morgan fingerprint density at radius 2 is 1.76 bits per heavy atom. The Hall–Kier alpha value is -3.03. The summed E-state index contributed by atoms with van der Waals surface area (Å²) in [7, 11) is 0. The van der Waals surface area contributed by atoms with Crippen LogP contribution in [0.5, 0.6) is 0 Å². The van der Waals surface area contributed by atoms with Crippen LogP contribution in [0.1, 0.15) is 59.5 Å². The van der Waals surface area contributed by atoms with E-state index in [1.165, 1.54) is 23.8 Å². The van der Waals surface area contributed by atoms with Crippen molar-refractivity contribution in [2.24, 2.45) is 0 Å². The first kappa shape index (κ1) is 22.7. The van der Waals surface area contributed by atoms with Gasteiger partial charge in [0.15, 0.2) is 5.43 Å². The Balaban J connectivity index is 1.53. The van der Waals surface area contributed by atoms with Crippen LogP contribution in [0.4, 0.5) is 4.39 Å². The zero-order chi connectivity index (χ0) is 23.8. The van der Waals surface area contributed by atoms with Crippen LogP contribution in [0.3, 0.4) is 0 Å². The summed E-state index contributed by atoms with van der Waals surface area (Å²) < 4.78 is 25.3. The fraction of sp³-hybridized carbons (Fsp3) is 0.407. The number of carbonyl (C=O) groups excluding carboxylic acids is 1. The third-order valence-electron chi connectivity index (χ3n) is 6.82. The molecule has 3 heterocycles. The van der Waals surface area contributed by atoms with E-state index in [0.717, 1.165) is 44.8 Å². The molecule has 1 aromatic heterocycles.